The van der Waals surface area contributed by atoms with Crippen LogP contribution in [0.5, 0.6) is 0 Å². The Morgan fingerprint density at radius 1 is 1.61 bits per heavy atom. The van der Waals surface area contributed by atoms with E-state index in [9.17, 15) is 20.0 Å². The SMILES string of the molecule is COC(=O)/C=C/c1ccc(N2CC(O)(CC#N)C2)c([N+](=O)[O-])c1. The summed E-state index contributed by atoms with van der Waals surface area (Å²) in [6.45, 7) is 0.331. The zero-order valence-electron chi connectivity index (χ0n) is 12.4. The number of ether oxygens (including phenoxy) is 1. The number of anilines is 1. The van der Waals surface area contributed by atoms with E-state index in [0.717, 1.165) is 0 Å². The Hall–Kier alpha value is -2.92. The monoisotopic (exact) mass is 317 g/mol. The summed E-state index contributed by atoms with van der Waals surface area (Å²) in [5, 5.41) is 29.9. The fourth-order valence-corrected chi connectivity index (χ4v) is 2.38. The van der Waals surface area contributed by atoms with Crippen LogP contribution in [-0.4, -0.2) is 41.8 Å². The van der Waals surface area contributed by atoms with E-state index in [1.807, 2.05) is 6.07 Å². The van der Waals surface area contributed by atoms with E-state index in [4.69, 9.17) is 5.26 Å². The van der Waals surface area contributed by atoms with Crippen molar-refractivity contribution in [3.05, 3.63) is 40.0 Å². The maximum Gasteiger partial charge on any atom is 0.330 e. The Morgan fingerprint density at radius 3 is 2.87 bits per heavy atom. The number of aliphatic hydroxyl groups is 1. The van der Waals surface area contributed by atoms with Crippen molar-refractivity contribution in [2.45, 2.75) is 12.0 Å². The van der Waals surface area contributed by atoms with Crippen LogP contribution in [0.15, 0.2) is 24.3 Å². The number of rotatable bonds is 5. The molecular formula is C15H15N3O5. The van der Waals surface area contributed by atoms with Gasteiger partial charge in [-0.05, 0) is 17.7 Å². The molecule has 1 saturated heterocycles. The lowest BCUT2D eigenvalue weighted by atomic mass is 9.90. The van der Waals surface area contributed by atoms with Crippen molar-refractivity contribution in [2.24, 2.45) is 0 Å². The molecule has 1 aromatic carbocycles. The molecule has 1 fully saturated rings. The van der Waals surface area contributed by atoms with E-state index < -0.39 is 16.5 Å². The molecule has 0 saturated carbocycles. The first-order valence-electron chi connectivity index (χ1n) is 6.77. The number of hydrogen-bond donors (Lipinski definition) is 1. The number of benzene rings is 1. The highest BCUT2D eigenvalue weighted by molar-refractivity contribution is 5.87. The summed E-state index contributed by atoms with van der Waals surface area (Å²) < 4.78 is 4.46. The van der Waals surface area contributed by atoms with Crippen molar-refractivity contribution in [1.82, 2.24) is 0 Å². The van der Waals surface area contributed by atoms with Crippen molar-refractivity contribution < 1.29 is 19.6 Å². The van der Waals surface area contributed by atoms with Gasteiger partial charge in [0.25, 0.3) is 5.69 Å². The van der Waals surface area contributed by atoms with Gasteiger partial charge in [0.1, 0.15) is 11.3 Å². The minimum Gasteiger partial charge on any atom is -0.466 e. The average molecular weight is 317 g/mol. The Kier molecular flexibility index (Phi) is 4.62. The highest BCUT2D eigenvalue weighted by Gasteiger charge is 2.43. The molecule has 0 radical (unpaired) electrons. The fraction of sp³-hybridized carbons (Fsp3) is 0.333. The van der Waals surface area contributed by atoms with Crippen LogP contribution >= 0.6 is 0 Å². The van der Waals surface area contributed by atoms with E-state index in [2.05, 4.69) is 4.74 Å². The molecule has 0 amide bonds. The quantitative estimate of drug-likeness (QED) is 0.376. The highest BCUT2D eigenvalue weighted by Crippen LogP contribution is 2.36. The number of carbonyl (C=O) groups excluding carboxylic acids is 1. The van der Waals surface area contributed by atoms with Gasteiger partial charge in [-0.3, -0.25) is 10.1 Å². The average Bonchev–Trinajstić information content (AvgIpc) is 2.50. The molecule has 1 aliphatic rings. The third-order valence-corrected chi connectivity index (χ3v) is 3.53. The number of esters is 1. The molecule has 0 unspecified atom stereocenters. The normalized spacial score (nSPS) is 15.8. The van der Waals surface area contributed by atoms with Gasteiger partial charge in [0, 0.05) is 25.2 Å². The van der Waals surface area contributed by atoms with Gasteiger partial charge in [-0.15, -0.1) is 0 Å². The summed E-state index contributed by atoms with van der Waals surface area (Å²) in [6, 6.07) is 6.43. The molecule has 0 spiro atoms. The topological polar surface area (TPSA) is 117 Å². The molecule has 0 aliphatic carbocycles. The maximum atomic E-state index is 11.2. The first-order chi connectivity index (χ1) is 10.9. The Balaban J connectivity index is 2.22. The molecule has 1 aromatic rings. The predicted octanol–water partition coefficient (Wildman–Crippen LogP) is 1.25. The second kappa shape index (κ2) is 6.46. The first kappa shape index (κ1) is 16.5. The maximum absolute atomic E-state index is 11.2. The summed E-state index contributed by atoms with van der Waals surface area (Å²) in [4.78, 5) is 23.4. The fourth-order valence-electron chi connectivity index (χ4n) is 2.38. The standard InChI is InChI=1S/C15H15N3O5/c1-23-14(19)5-3-11-2-4-12(13(8-11)18(21)22)17-9-15(20,10-17)6-7-16/h2-5,8,20H,6,9-10H2,1H3/b5-3+. The summed E-state index contributed by atoms with van der Waals surface area (Å²) in [5.41, 5.74) is -0.394. The van der Waals surface area contributed by atoms with E-state index in [1.165, 1.54) is 25.3 Å². The second-order valence-corrected chi connectivity index (χ2v) is 5.28. The number of nitriles is 1. The molecule has 8 heteroatoms. The van der Waals surface area contributed by atoms with Crippen molar-refractivity contribution in [2.75, 3.05) is 25.1 Å². The zero-order chi connectivity index (χ0) is 17.0. The second-order valence-electron chi connectivity index (χ2n) is 5.28. The molecule has 8 nitrogen and oxygen atoms in total. The molecule has 0 bridgehead atoms. The van der Waals surface area contributed by atoms with Crippen LogP contribution in [0.2, 0.25) is 0 Å². The summed E-state index contributed by atoms with van der Waals surface area (Å²) in [7, 11) is 1.24. The number of carbonyl (C=O) groups is 1. The molecule has 1 aliphatic heterocycles. The van der Waals surface area contributed by atoms with E-state index >= 15 is 0 Å². The van der Waals surface area contributed by atoms with Crippen LogP contribution in [-0.2, 0) is 9.53 Å². The lowest BCUT2D eigenvalue weighted by Crippen LogP contribution is -2.61. The van der Waals surface area contributed by atoms with E-state index in [1.54, 1.807) is 17.0 Å². The minimum absolute atomic E-state index is 0.0166. The number of nitro groups is 1. The molecule has 1 heterocycles. The number of hydrogen-bond acceptors (Lipinski definition) is 7. The van der Waals surface area contributed by atoms with Gasteiger partial charge < -0.3 is 14.7 Å². The Morgan fingerprint density at radius 2 is 2.30 bits per heavy atom. The first-order valence-corrected chi connectivity index (χ1v) is 6.77. The van der Waals surface area contributed by atoms with Crippen molar-refractivity contribution >= 4 is 23.4 Å². The Bertz CT molecular complexity index is 702. The van der Waals surface area contributed by atoms with Gasteiger partial charge in [-0.25, -0.2) is 4.79 Å². The number of β-amino-alcohol motifs (C(OH)–C–C–N with tert-alkyl or cyclic N) is 1. The molecular weight excluding hydrogens is 302 g/mol. The highest BCUT2D eigenvalue weighted by atomic mass is 16.6. The zero-order valence-corrected chi connectivity index (χ0v) is 12.4. The van der Waals surface area contributed by atoms with Crippen LogP contribution < -0.4 is 4.90 Å². The van der Waals surface area contributed by atoms with Gasteiger partial charge in [-0.1, -0.05) is 6.07 Å². The third-order valence-electron chi connectivity index (χ3n) is 3.53. The number of nitrogens with zero attached hydrogens (tertiary/aromatic N) is 3. The van der Waals surface area contributed by atoms with Crippen molar-refractivity contribution in [3.63, 3.8) is 0 Å². The predicted molar refractivity (Wildman–Crippen MR) is 81.5 cm³/mol. The van der Waals surface area contributed by atoms with E-state index in [-0.39, 0.29) is 25.2 Å². The van der Waals surface area contributed by atoms with Gasteiger partial charge in [0.15, 0.2) is 0 Å². The van der Waals surface area contributed by atoms with Gasteiger partial charge in [0.2, 0.25) is 0 Å². The lowest BCUT2D eigenvalue weighted by molar-refractivity contribution is -0.384. The Labute approximate surface area is 132 Å². The smallest absolute Gasteiger partial charge is 0.330 e. The van der Waals surface area contributed by atoms with Gasteiger partial charge in [-0.2, -0.15) is 5.26 Å². The molecule has 23 heavy (non-hydrogen) atoms. The summed E-state index contributed by atoms with van der Waals surface area (Å²) in [5.74, 6) is -0.555. The number of nitro benzene ring substituents is 1. The lowest BCUT2D eigenvalue weighted by Gasteiger charge is -2.46. The van der Waals surface area contributed by atoms with Crippen molar-refractivity contribution in [1.29, 1.82) is 5.26 Å². The summed E-state index contributed by atoms with van der Waals surface area (Å²) in [6.07, 6.45) is 2.58. The van der Waals surface area contributed by atoms with Crippen LogP contribution in [0, 0.1) is 21.4 Å². The molecule has 0 atom stereocenters. The van der Waals surface area contributed by atoms with Gasteiger partial charge >= 0.3 is 5.97 Å². The van der Waals surface area contributed by atoms with Crippen LogP contribution in [0.3, 0.4) is 0 Å². The van der Waals surface area contributed by atoms with Crippen LogP contribution in [0.25, 0.3) is 6.08 Å². The van der Waals surface area contributed by atoms with Crippen LogP contribution in [0.1, 0.15) is 12.0 Å². The summed E-state index contributed by atoms with van der Waals surface area (Å²) >= 11 is 0. The largest absolute Gasteiger partial charge is 0.466 e. The van der Waals surface area contributed by atoms with E-state index in [0.29, 0.717) is 11.3 Å². The minimum atomic E-state index is -1.12. The number of methoxy groups -OCH3 is 1. The molecule has 0 aromatic heterocycles. The molecule has 1 N–H and O–H groups in total. The third kappa shape index (κ3) is 3.64. The van der Waals surface area contributed by atoms with Gasteiger partial charge in [0.05, 0.1) is 24.5 Å². The van der Waals surface area contributed by atoms with Crippen molar-refractivity contribution in [3.8, 4) is 6.07 Å². The van der Waals surface area contributed by atoms with Crippen LogP contribution in [0.4, 0.5) is 11.4 Å². The molecule has 120 valence electrons. The molecule has 2 rings (SSSR count).